The van der Waals surface area contributed by atoms with Crippen LogP contribution in [0.4, 0.5) is 5.69 Å². The summed E-state index contributed by atoms with van der Waals surface area (Å²) in [5, 5.41) is 10.4. The van der Waals surface area contributed by atoms with E-state index in [1.165, 1.54) is 0 Å². The fourth-order valence-electron chi connectivity index (χ4n) is 2.15. The van der Waals surface area contributed by atoms with E-state index in [1.54, 1.807) is 62.4 Å². The van der Waals surface area contributed by atoms with E-state index in [-0.39, 0.29) is 6.42 Å². The van der Waals surface area contributed by atoms with Crippen molar-refractivity contribution in [2.45, 2.75) is 25.9 Å². The molecule has 5 heteroatoms. The second kappa shape index (κ2) is 7.15. The number of anilines is 1. The Balaban J connectivity index is 2.06. The van der Waals surface area contributed by atoms with Crippen LogP contribution in [0.3, 0.4) is 0 Å². The molecule has 3 N–H and O–H groups in total. The molecule has 2 aromatic carbocycles. The number of carbonyl (C=O) groups excluding carboxylic acids is 1. The van der Waals surface area contributed by atoms with E-state index in [0.29, 0.717) is 29.4 Å². The van der Waals surface area contributed by atoms with E-state index in [2.05, 4.69) is 0 Å². The van der Waals surface area contributed by atoms with Crippen molar-refractivity contribution in [1.29, 1.82) is 0 Å². The summed E-state index contributed by atoms with van der Waals surface area (Å²) in [5.74, 6) is 0.871. The van der Waals surface area contributed by atoms with Crippen LogP contribution in [-0.2, 0) is 15.1 Å². The smallest absolute Gasteiger partial charge is 0.309 e. The predicted octanol–water partition coefficient (Wildman–Crippen LogP) is 3.22. The summed E-state index contributed by atoms with van der Waals surface area (Å²) in [6.07, 6.45) is -0.0982. The van der Waals surface area contributed by atoms with Gasteiger partial charge in [-0.1, -0.05) is 12.1 Å². The highest BCUT2D eigenvalue weighted by molar-refractivity contribution is 5.71. The fourth-order valence-corrected chi connectivity index (χ4v) is 2.15. The van der Waals surface area contributed by atoms with E-state index in [9.17, 15) is 9.90 Å². The van der Waals surface area contributed by atoms with Crippen LogP contribution < -0.4 is 10.5 Å². The summed E-state index contributed by atoms with van der Waals surface area (Å²) < 4.78 is 10.6. The second-order valence-electron chi connectivity index (χ2n) is 5.45. The highest BCUT2D eigenvalue weighted by atomic mass is 16.5. The quantitative estimate of drug-likeness (QED) is 0.632. The molecular formula is C18H21NO4. The van der Waals surface area contributed by atoms with Crippen molar-refractivity contribution in [2.24, 2.45) is 0 Å². The summed E-state index contributed by atoms with van der Waals surface area (Å²) in [6.45, 7) is 3.61. The molecule has 0 saturated heterocycles. The molecule has 0 aliphatic rings. The van der Waals surface area contributed by atoms with Crippen LogP contribution in [0.15, 0.2) is 48.5 Å². The van der Waals surface area contributed by atoms with Gasteiger partial charge in [-0.2, -0.15) is 0 Å². The highest BCUT2D eigenvalue weighted by Gasteiger charge is 2.27. The van der Waals surface area contributed by atoms with Gasteiger partial charge < -0.3 is 20.3 Å². The third kappa shape index (κ3) is 4.72. The number of hydrogen-bond acceptors (Lipinski definition) is 5. The average molecular weight is 315 g/mol. The standard InChI is InChI=1S/C18H21NO4/c1-3-22-17(20)12-18(2,21)13-4-8-15(9-5-13)23-16-10-6-14(19)7-11-16/h4-11,21H,3,12,19H2,1-2H3. The van der Waals surface area contributed by atoms with Crippen LogP contribution in [0.1, 0.15) is 25.8 Å². The topological polar surface area (TPSA) is 81.8 Å². The Labute approximate surface area is 135 Å². The summed E-state index contributed by atoms with van der Waals surface area (Å²) in [7, 11) is 0. The van der Waals surface area contributed by atoms with E-state index in [1.807, 2.05) is 0 Å². The van der Waals surface area contributed by atoms with E-state index < -0.39 is 11.6 Å². The van der Waals surface area contributed by atoms with Crippen LogP contribution in [0.2, 0.25) is 0 Å². The van der Waals surface area contributed by atoms with Gasteiger partial charge in [0, 0.05) is 5.69 Å². The summed E-state index contributed by atoms with van der Waals surface area (Å²) >= 11 is 0. The lowest BCUT2D eigenvalue weighted by Crippen LogP contribution is -2.26. The lowest BCUT2D eigenvalue weighted by Gasteiger charge is -2.23. The van der Waals surface area contributed by atoms with Gasteiger partial charge in [0.05, 0.1) is 18.6 Å². The van der Waals surface area contributed by atoms with Crippen molar-refractivity contribution < 1.29 is 19.4 Å². The Hall–Kier alpha value is -2.53. The number of nitrogens with two attached hydrogens (primary N) is 1. The van der Waals surface area contributed by atoms with Crippen LogP contribution in [0.5, 0.6) is 11.5 Å². The van der Waals surface area contributed by atoms with Gasteiger partial charge in [0.2, 0.25) is 0 Å². The minimum Gasteiger partial charge on any atom is -0.466 e. The van der Waals surface area contributed by atoms with Crippen molar-refractivity contribution >= 4 is 11.7 Å². The van der Waals surface area contributed by atoms with Crippen LogP contribution >= 0.6 is 0 Å². The highest BCUT2D eigenvalue weighted by Crippen LogP contribution is 2.28. The number of benzene rings is 2. The maximum Gasteiger partial charge on any atom is 0.309 e. The first kappa shape index (κ1) is 16.8. The molecule has 0 bridgehead atoms. The maximum atomic E-state index is 11.6. The Morgan fingerprint density at radius 2 is 1.61 bits per heavy atom. The van der Waals surface area contributed by atoms with E-state index in [4.69, 9.17) is 15.2 Å². The number of nitrogen functional groups attached to an aromatic ring is 1. The summed E-state index contributed by atoms with van der Waals surface area (Å²) in [4.78, 5) is 11.6. The molecular weight excluding hydrogens is 294 g/mol. The molecule has 122 valence electrons. The molecule has 0 amide bonds. The lowest BCUT2D eigenvalue weighted by atomic mass is 9.92. The van der Waals surface area contributed by atoms with Gasteiger partial charge in [-0.3, -0.25) is 4.79 Å². The number of aliphatic hydroxyl groups is 1. The number of ether oxygens (including phenoxy) is 2. The monoisotopic (exact) mass is 315 g/mol. The molecule has 0 fully saturated rings. The van der Waals surface area contributed by atoms with E-state index in [0.717, 1.165) is 0 Å². The minimum absolute atomic E-state index is 0.0982. The maximum absolute atomic E-state index is 11.6. The summed E-state index contributed by atoms with van der Waals surface area (Å²) in [5.41, 5.74) is 5.63. The van der Waals surface area contributed by atoms with Crippen molar-refractivity contribution in [3.05, 3.63) is 54.1 Å². The molecule has 1 unspecified atom stereocenters. The van der Waals surface area contributed by atoms with Gasteiger partial charge >= 0.3 is 5.97 Å². The van der Waals surface area contributed by atoms with Gasteiger partial charge in [0.15, 0.2) is 0 Å². The minimum atomic E-state index is -1.29. The van der Waals surface area contributed by atoms with Gasteiger partial charge in [-0.25, -0.2) is 0 Å². The van der Waals surface area contributed by atoms with Crippen LogP contribution in [0.25, 0.3) is 0 Å². The van der Waals surface area contributed by atoms with Crippen molar-refractivity contribution in [3.63, 3.8) is 0 Å². The zero-order valence-corrected chi connectivity index (χ0v) is 13.3. The molecule has 0 saturated carbocycles. The first-order chi connectivity index (χ1) is 10.9. The van der Waals surface area contributed by atoms with Crippen molar-refractivity contribution in [1.82, 2.24) is 0 Å². The van der Waals surface area contributed by atoms with Crippen molar-refractivity contribution in [2.75, 3.05) is 12.3 Å². The molecule has 0 aliphatic carbocycles. The van der Waals surface area contributed by atoms with Crippen LogP contribution in [0, 0.1) is 0 Å². The number of rotatable bonds is 6. The number of hydrogen-bond donors (Lipinski definition) is 2. The Morgan fingerprint density at radius 3 is 2.13 bits per heavy atom. The normalized spacial score (nSPS) is 13.2. The Kier molecular flexibility index (Phi) is 5.24. The number of carbonyl (C=O) groups is 1. The first-order valence-corrected chi connectivity index (χ1v) is 7.42. The Morgan fingerprint density at radius 1 is 1.09 bits per heavy atom. The van der Waals surface area contributed by atoms with Gasteiger partial charge in [-0.05, 0) is 55.8 Å². The second-order valence-corrected chi connectivity index (χ2v) is 5.45. The zero-order valence-electron chi connectivity index (χ0n) is 13.3. The molecule has 0 heterocycles. The van der Waals surface area contributed by atoms with Crippen LogP contribution in [-0.4, -0.2) is 17.7 Å². The molecule has 23 heavy (non-hydrogen) atoms. The first-order valence-electron chi connectivity index (χ1n) is 7.42. The Bertz CT molecular complexity index is 648. The van der Waals surface area contributed by atoms with Crippen molar-refractivity contribution in [3.8, 4) is 11.5 Å². The molecule has 2 aromatic rings. The summed E-state index contributed by atoms with van der Waals surface area (Å²) in [6, 6.07) is 14.0. The lowest BCUT2D eigenvalue weighted by molar-refractivity contribution is -0.148. The predicted molar refractivity (Wildman–Crippen MR) is 88.2 cm³/mol. The SMILES string of the molecule is CCOC(=O)CC(C)(O)c1ccc(Oc2ccc(N)cc2)cc1. The number of esters is 1. The molecule has 2 rings (SSSR count). The molecule has 1 atom stereocenters. The average Bonchev–Trinajstić information content (AvgIpc) is 2.50. The zero-order chi connectivity index (χ0) is 16.9. The van der Waals surface area contributed by atoms with Gasteiger partial charge in [0.25, 0.3) is 0 Å². The molecule has 0 aliphatic heterocycles. The van der Waals surface area contributed by atoms with Gasteiger partial charge in [-0.15, -0.1) is 0 Å². The van der Waals surface area contributed by atoms with E-state index >= 15 is 0 Å². The largest absolute Gasteiger partial charge is 0.466 e. The third-order valence-electron chi connectivity index (χ3n) is 3.39. The van der Waals surface area contributed by atoms with Gasteiger partial charge in [0.1, 0.15) is 11.5 Å². The fraction of sp³-hybridized carbons (Fsp3) is 0.278. The molecule has 5 nitrogen and oxygen atoms in total. The molecule has 0 radical (unpaired) electrons. The molecule has 0 spiro atoms. The third-order valence-corrected chi connectivity index (χ3v) is 3.39. The molecule has 0 aromatic heterocycles.